The van der Waals surface area contributed by atoms with Crippen molar-refractivity contribution in [1.82, 2.24) is 14.3 Å². The van der Waals surface area contributed by atoms with E-state index < -0.39 is 0 Å². The molecule has 0 saturated carbocycles. The highest BCUT2D eigenvalue weighted by molar-refractivity contribution is 5.69. The lowest BCUT2D eigenvalue weighted by Gasteiger charge is -2.15. The number of nitrogens with zero attached hydrogens (tertiary/aromatic N) is 3. The minimum Gasteiger partial charge on any atom is -0.399 e. The van der Waals surface area contributed by atoms with Crippen LogP contribution < -0.4 is 5.73 Å². The van der Waals surface area contributed by atoms with Crippen LogP contribution in [0.1, 0.15) is 24.1 Å². The summed E-state index contributed by atoms with van der Waals surface area (Å²) in [4.78, 5) is 7.47. The molecule has 2 aromatic heterocycles. The number of pyridine rings is 1. The molecule has 3 heterocycles. The summed E-state index contributed by atoms with van der Waals surface area (Å²) in [6.07, 6.45) is 4.72. The Hall–Kier alpha value is -2.33. The minimum absolute atomic E-state index is 0.787. The van der Waals surface area contributed by atoms with Gasteiger partial charge in [0.2, 0.25) is 0 Å². The first-order chi connectivity index (χ1) is 11.2. The third kappa shape index (κ3) is 2.59. The summed E-state index contributed by atoms with van der Waals surface area (Å²) < 4.78 is 2.25. The normalized spacial score (nSPS) is 15.5. The molecule has 0 amide bonds. The first kappa shape index (κ1) is 14.3. The van der Waals surface area contributed by atoms with E-state index in [1.807, 2.05) is 12.1 Å². The van der Waals surface area contributed by atoms with E-state index in [-0.39, 0.29) is 0 Å². The van der Waals surface area contributed by atoms with Crippen LogP contribution in [0.2, 0.25) is 0 Å². The molecule has 0 bridgehead atoms. The van der Waals surface area contributed by atoms with Crippen LogP contribution in [0, 0.1) is 6.92 Å². The van der Waals surface area contributed by atoms with E-state index >= 15 is 0 Å². The Labute approximate surface area is 136 Å². The van der Waals surface area contributed by atoms with Crippen molar-refractivity contribution >= 4 is 11.3 Å². The first-order valence-electron chi connectivity index (χ1n) is 8.27. The van der Waals surface area contributed by atoms with Gasteiger partial charge in [-0.05, 0) is 56.6 Å². The van der Waals surface area contributed by atoms with Crippen LogP contribution in [-0.2, 0) is 6.54 Å². The Bertz CT molecular complexity index is 826. The molecule has 118 valence electrons. The van der Waals surface area contributed by atoms with Crippen molar-refractivity contribution in [3.8, 4) is 11.3 Å². The zero-order valence-electron chi connectivity index (χ0n) is 13.5. The van der Waals surface area contributed by atoms with E-state index in [1.165, 1.54) is 37.2 Å². The van der Waals surface area contributed by atoms with Crippen LogP contribution in [0.4, 0.5) is 5.69 Å². The van der Waals surface area contributed by atoms with Crippen LogP contribution in [-0.4, -0.2) is 27.4 Å². The zero-order chi connectivity index (χ0) is 15.8. The Morgan fingerprint density at radius 2 is 1.83 bits per heavy atom. The monoisotopic (exact) mass is 306 g/mol. The molecule has 23 heavy (non-hydrogen) atoms. The largest absolute Gasteiger partial charge is 0.399 e. The fourth-order valence-corrected chi connectivity index (χ4v) is 3.43. The Kier molecular flexibility index (Phi) is 3.54. The lowest BCUT2D eigenvalue weighted by molar-refractivity contribution is 0.327. The van der Waals surface area contributed by atoms with Gasteiger partial charge in [-0.2, -0.15) is 0 Å². The number of likely N-dealkylation sites (tertiary alicyclic amines) is 1. The predicted molar refractivity (Wildman–Crippen MR) is 94.3 cm³/mol. The molecule has 1 saturated heterocycles. The molecule has 0 atom stereocenters. The number of aromatic nitrogens is 2. The summed E-state index contributed by atoms with van der Waals surface area (Å²) in [5, 5.41) is 0. The third-order valence-corrected chi connectivity index (χ3v) is 4.70. The number of imidazole rings is 1. The quantitative estimate of drug-likeness (QED) is 0.754. The van der Waals surface area contributed by atoms with Gasteiger partial charge in [0.1, 0.15) is 5.65 Å². The Morgan fingerprint density at radius 1 is 1.09 bits per heavy atom. The summed E-state index contributed by atoms with van der Waals surface area (Å²) in [6.45, 7) is 5.43. The van der Waals surface area contributed by atoms with Gasteiger partial charge in [-0.25, -0.2) is 4.98 Å². The fourth-order valence-electron chi connectivity index (χ4n) is 3.43. The number of fused-ring (bicyclic) bond motifs is 1. The number of benzene rings is 1. The van der Waals surface area contributed by atoms with Crippen LogP contribution in [0.25, 0.3) is 16.9 Å². The number of nitrogens with two attached hydrogens (primary N) is 1. The highest BCUT2D eigenvalue weighted by Crippen LogP contribution is 2.28. The lowest BCUT2D eigenvalue weighted by Crippen LogP contribution is -2.19. The third-order valence-electron chi connectivity index (χ3n) is 4.70. The summed E-state index contributed by atoms with van der Waals surface area (Å²) in [6, 6.07) is 12.3. The molecule has 1 aliphatic heterocycles. The molecule has 2 N–H and O–H groups in total. The average molecular weight is 306 g/mol. The van der Waals surface area contributed by atoms with E-state index in [0.29, 0.717) is 0 Å². The van der Waals surface area contributed by atoms with E-state index in [2.05, 4.69) is 46.7 Å². The second kappa shape index (κ2) is 5.70. The average Bonchev–Trinajstić information content (AvgIpc) is 3.18. The van der Waals surface area contributed by atoms with Crippen molar-refractivity contribution in [2.45, 2.75) is 26.3 Å². The molecular formula is C19H22N4. The minimum atomic E-state index is 0.787. The fraction of sp³-hybridized carbons (Fsp3) is 0.316. The summed E-state index contributed by atoms with van der Waals surface area (Å²) in [7, 11) is 0. The number of hydrogen-bond acceptors (Lipinski definition) is 3. The van der Waals surface area contributed by atoms with E-state index in [9.17, 15) is 0 Å². The van der Waals surface area contributed by atoms with Gasteiger partial charge in [0, 0.05) is 24.0 Å². The van der Waals surface area contributed by atoms with E-state index in [1.54, 1.807) is 0 Å². The van der Waals surface area contributed by atoms with Gasteiger partial charge >= 0.3 is 0 Å². The van der Waals surface area contributed by atoms with Crippen LogP contribution in [0.15, 0.2) is 42.6 Å². The van der Waals surface area contributed by atoms with Gasteiger partial charge in [0.05, 0.1) is 11.4 Å². The number of hydrogen-bond donors (Lipinski definition) is 1. The van der Waals surface area contributed by atoms with Crippen molar-refractivity contribution in [3.63, 3.8) is 0 Å². The molecule has 4 rings (SSSR count). The number of rotatable bonds is 3. The highest BCUT2D eigenvalue weighted by Gasteiger charge is 2.19. The van der Waals surface area contributed by atoms with Crippen LogP contribution in [0.5, 0.6) is 0 Å². The molecule has 0 unspecified atom stereocenters. The zero-order valence-corrected chi connectivity index (χ0v) is 13.5. The van der Waals surface area contributed by atoms with E-state index in [0.717, 1.165) is 29.1 Å². The van der Waals surface area contributed by atoms with Gasteiger partial charge in [0.25, 0.3) is 0 Å². The molecule has 1 aromatic carbocycles. The van der Waals surface area contributed by atoms with Gasteiger partial charge in [-0.15, -0.1) is 0 Å². The lowest BCUT2D eigenvalue weighted by atomic mass is 10.1. The smallest absolute Gasteiger partial charge is 0.140 e. The Balaban J connectivity index is 1.87. The van der Waals surface area contributed by atoms with Crippen molar-refractivity contribution in [1.29, 1.82) is 0 Å². The van der Waals surface area contributed by atoms with Crippen LogP contribution >= 0.6 is 0 Å². The number of anilines is 1. The van der Waals surface area contributed by atoms with Crippen molar-refractivity contribution in [2.24, 2.45) is 0 Å². The molecule has 4 nitrogen and oxygen atoms in total. The molecular weight excluding hydrogens is 284 g/mol. The van der Waals surface area contributed by atoms with Crippen molar-refractivity contribution in [2.75, 3.05) is 18.8 Å². The first-order valence-corrected chi connectivity index (χ1v) is 8.27. The predicted octanol–water partition coefficient (Wildman–Crippen LogP) is 3.49. The van der Waals surface area contributed by atoms with Gasteiger partial charge in [0.15, 0.2) is 0 Å². The standard InChI is InChI=1S/C19H22N4/c1-14-5-4-12-23-17(13-22-10-2-3-11-22)18(21-19(14)23)15-6-8-16(20)9-7-15/h4-9,12H,2-3,10-11,13,20H2,1H3. The second-order valence-electron chi connectivity index (χ2n) is 6.40. The molecule has 4 heteroatoms. The Morgan fingerprint density at radius 3 is 2.57 bits per heavy atom. The molecule has 1 fully saturated rings. The molecule has 3 aromatic rings. The summed E-state index contributed by atoms with van der Waals surface area (Å²) in [5.74, 6) is 0. The van der Waals surface area contributed by atoms with Gasteiger partial charge in [-0.1, -0.05) is 18.2 Å². The topological polar surface area (TPSA) is 46.6 Å². The SMILES string of the molecule is Cc1cccn2c(CN3CCCC3)c(-c3ccc(N)cc3)nc12. The van der Waals surface area contributed by atoms with Crippen LogP contribution in [0.3, 0.4) is 0 Å². The molecule has 0 aliphatic carbocycles. The summed E-state index contributed by atoms with van der Waals surface area (Å²) in [5.41, 5.74) is 12.4. The molecule has 1 aliphatic rings. The number of aryl methyl sites for hydroxylation is 1. The maximum Gasteiger partial charge on any atom is 0.140 e. The highest BCUT2D eigenvalue weighted by atomic mass is 15.2. The maximum absolute atomic E-state index is 5.84. The molecule has 0 spiro atoms. The summed E-state index contributed by atoms with van der Waals surface area (Å²) >= 11 is 0. The van der Waals surface area contributed by atoms with E-state index in [4.69, 9.17) is 10.7 Å². The van der Waals surface area contributed by atoms with Gasteiger partial charge < -0.3 is 10.1 Å². The van der Waals surface area contributed by atoms with Crippen molar-refractivity contribution < 1.29 is 0 Å². The molecule has 0 radical (unpaired) electrons. The van der Waals surface area contributed by atoms with Crippen molar-refractivity contribution in [3.05, 3.63) is 53.9 Å². The number of nitrogen functional groups attached to an aromatic ring is 1. The van der Waals surface area contributed by atoms with Gasteiger partial charge in [-0.3, -0.25) is 4.90 Å². The second-order valence-corrected chi connectivity index (χ2v) is 6.40. The maximum atomic E-state index is 5.84.